The fourth-order valence-corrected chi connectivity index (χ4v) is 3.82. The number of nitrogens with zero attached hydrogens (tertiary/aromatic N) is 2. The first-order valence-corrected chi connectivity index (χ1v) is 8.98. The molecule has 24 heavy (non-hydrogen) atoms. The molecule has 3 rings (SSSR count). The maximum Gasteiger partial charge on any atom is 0.254 e. The van der Waals surface area contributed by atoms with Gasteiger partial charge in [0.25, 0.3) is 5.91 Å². The zero-order chi connectivity index (χ0) is 17.1. The van der Waals surface area contributed by atoms with Crippen LogP contribution in [-0.2, 0) is 4.79 Å². The van der Waals surface area contributed by atoms with Gasteiger partial charge in [-0.1, -0.05) is 0 Å². The van der Waals surface area contributed by atoms with E-state index >= 15 is 0 Å². The number of halogens is 1. The van der Waals surface area contributed by atoms with Gasteiger partial charge in [-0.05, 0) is 18.2 Å². The van der Waals surface area contributed by atoms with Crippen molar-refractivity contribution in [3.8, 4) is 5.75 Å². The first-order valence-electron chi connectivity index (χ1n) is 7.83. The van der Waals surface area contributed by atoms with Crippen molar-refractivity contribution < 1.29 is 18.7 Å². The summed E-state index contributed by atoms with van der Waals surface area (Å²) in [5.41, 5.74) is 0.293. The number of carbonyl (C=O) groups excluding carboxylic acids is 2. The molecule has 8 heteroatoms. The van der Waals surface area contributed by atoms with Gasteiger partial charge >= 0.3 is 0 Å². The van der Waals surface area contributed by atoms with E-state index in [4.69, 9.17) is 4.74 Å². The van der Waals surface area contributed by atoms with Crippen LogP contribution >= 0.6 is 11.8 Å². The van der Waals surface area contributed by atoms with Crippen molar-refractivity contribution in [3.63, 3.8) is 0 Å². The Kier molecular flexibility index (Phi) is 5.25. The lowest BCUT2D eigenvalue weighted by Crippen LogP contribution is -2.54. The largest absolute Gasteiger partial charge is 0.494 e. The maximum atomic E-state index is 13.8. The van der Waals surface area contributed by atoms with Crippen LogP contribution in [0, 0.1) is 5.82 Å². The molecule has 2 saturated heterocycles. The molecule has 0 bridgehead atoms. The lowest BCUT2D eigenvalue weighted by atomic mass is 10.1. The second kappa shape index (κ2) is 7.40. The minimum absolute atomic E-state index is 0.0996. The highest BCUT2D eigenvalue weighted by molar-refractivity contribution is 7.99. The predicted octanol–water partition coefficient (Wildman–Crippen LogP) is 0.781. The summed E-state index contributed by atoms with van der Waals surface area (Å²) in [5, 5.41) is 3.17. The second-order valence-electron chi connectivity index (χ2n) is 5.74. The molecular weight excluding hydrogens is 333 g/mol. The van der Waals surface area contributed by atoms with Gasteiger partial charge in [0.15, 0.2) is 11.6 Å². The fraction of sp³-hybridized carbons (Fsp3) is 0.500. The molecule has 0 saturated carbocycles. The van der Waals surface area contributed by atoms with Crippen molar-refractivity contribution in [3.05, 3.63) is 29.6 Å². The number of methoxy groups -OCH3 is 1. The lowest BCUT2D eigenvalue weighted by Gasteiger charge is -2.36. The molecule has 130 valence electrons. The van der Waals surface area contributed by atoms with E-state index in [1.807, 2.05) is 0 Å². The van der Waals surface area contributed by atoms with E-state index in [1.165, 1.54) is 19.2 Å². The molecule has 2 amide bonds. The van der Waals surface area contributed by atoms with Gasteiger partial charge in [0.05, 0.1) is 13.2 Å². The zero-order valence-corrected chi connectivity index (χ0v) is 14.3. The topological polar surface area (TPSA) is 61.9 Å². The van der Waals surface area contributed by atoms with Gasteiger partial charge < -0.3 is 14.5 Å². The van der Waals surface area contributed by atoms with Gasteiger partial charge in [-0.2, -0.15) is 0 Å². The number of ether oxygens (including phenoxy) is 1. The Morgan fingerprint density at radius 2 is 1.96 bits per heavy atom. The Balaban J connectivity index is 1.58. The Bertz CT molecular complexity index is 629. The van der Waals surface area contributed by atoms with E-state index in [1.54, 1.807) is 27.6 Å². The molecule has 1 atom stereocenters. The van der Waals surface area contributed by atoms with Gasteiger partial charge in [-0.25, -0.2) is 4.39 Å². The Hall–Kier alpha value is -1.80. The molecule has 6 nitrogen and oxygen atoms in total. The normalized spacial score (nSPS) is 21.0. The third kappa shape index (κ3) is 3.49. The SMILES string of the molecule is COc1ccc(C(=O)N2CCN(C(=O)C3CSCN3)CC2)cc1F. The van der Waals surface area contributed by atoms with Crippen LogP contribution in [0.3, 0.4) is 0 Å². The molecule has 2 aliphatic rings. The number of nitrogens with one attached hydrogen (secondary N) is 1. The number of amides is 2. The average Bonchev–Trinajstić information content (AvgIpc) is 3.15. The monoisotopic (exact) mass is 353 g/mol. The van der Waals surface area contributed by atoms with Crippen molar-refractivity contribution in [2.24, 2.45) is 0 Å². The summed E-state index contributed by atoms with van der Waals surface area (Å²) in [7, 11) is 1.38. The number of carbonyl (C=O) groups is 2. The van der Waals surface area contributed by atoms with Crippen molar-refractivity contribution >= 4 is 23.6 Å². The maximum absolute atomic E-state index is 13.8. The molecule has 0 radical (unpaired) electrons. The molecule has 2 aliphatic heterocycles. The summed E-state index contributed by atoms with van der Waals surface area (Å²) in [6, 6.07) is 4.08. The van der Waals surface area contributed by atoms with Crippen molar-refractivity contribution in [1.29, 1.82) is 0 Å². The minimum atomic E-state index is -0.554. The second-order valence-corrected chi connectivity index (χ2v) is 6.77. The standard InChI is InChI=1S/C16H20FN3O3S/c1-23-14-3-2-11(8-12(14)17)15(21)19-4-6-20(7-5-19)16(22)13-9-24-10-18-13/h2-3,8,13,18H,4-7,9-10H2,1H3. The summed E-state index contributed by atoms with van der Waals surface area (Å²) in [4.78, 5) is 28.3. The smallest absolute Gasteiger partial charge is 0.254 e. The number of rotatable bonds is 3. The van der Waals surface area contributed by atoms with Crippen LogP contribution in [0.25, 0.3) is 0 Å². The highest BCUT2D eigenvalue weighted by atomic mass is 32.2. The Morgan fingerprint density at radius 1 is 1.25 bits per heavy atom. The highest BCUT2D eigenvalue weighted by Crippen LogP contribution is 2.19. The van der Waals surface area contributed by atoms with Gasteiger partial charge in [0, 0.05) is 43.4 Å². The van der Waals surface area contributed by atoms with Crippen molar-refractivity contribution in [1.82, 2.24) is 15.1 Å². The first kappa shape index (κ1) is 17.0. The van der Waals surface area contributed by atoms with Crippen LogP contribution in [-0.4, -0.2) is 72.6 Å². The third-order valence-electron chi connectivity index (χ3n) is 4.29. The fourth-order valence-electron chi connectivity index (χ4n) is 2.89. The molecule has 1 N–H and O–H groups in total. The molecule has 0 spiro atoms. The van der Waals surface area contributed by atoms with Crippen LogP contribution in [0.4, 0.5) is 4.39 Å². The van der Waals surface area contributed by atoms with Gasteiger partial charge in [0.2, 0.25) is 5.91 Å². The van der Waals surface area contributed by atoms with Crippen molar-refractivity contribution in [2.45, 2.75) is 6.04 Å². The lowest BCUT2D eigenvalue weighted by molar-refractivity contribution is -0.134. The molecule has 0 aliphatic carbocycles. The molecule has 2 heterocycles. The molecule has 1 unspecified atom stereocenters. The molecular formula is C16H20FN3O3S. The van der Waals surface area contributed by atoms with Gasteiger partial charge in [0.1, 0.15) is 0 Å². The summed E-state index contributed by atoms with van der Waals surface area (Å²) in [6.07, 6.45) is 0. The summed E-state index contributed by atoms with van der Waals surface area (Å²) in [6.45, 7) is 1.92. The van der Waals surface area contributed by atoms with E-state index in [-0.39, 0.29) is 23.6 Å². The summed E-state index contributed by atoms with van der Waals surface area (Å²) >= 11 is 1.71. The number of thioether (sulfide) groups is 1. The average molecular weight is 353 g/mol. The van der Waals surface area contributed by atoms with Crippen LogP contribution in [0.1, 0.15) is 10.4 Å². The zero-order valence-electron chi connectivity index (χ0n) is 13.5. The highest BCUT2D eigenvalue weighted by Gasteiger charge is 2.31. The van der Waals surface area contributed by atoms with Crippen molar-refractivity contribution in [2.75, 3.05) is 44.9 Å². The quantitative estimate of drug-likeness (QED) is 0.870. The summed E-state index contributed by atoms with van der Waals surface area (Å²) in [5.74, 6) is 1.03. The third-order valence-corrected chi connectivity index (χ3v) is 5.23. The van der Waals surface area contributed by atoms with Crippen LogP contribution in [0.5, 0.6) is 5.75 Å². The molecule has 1 aromatic carbocycles. The van der Waals surface area contributed by atoms with E-state index in [2.05, 4.69) is 5.32 Å². The molecule has 2 fully saturated rings. The Labute approximate surface area is 144 Å². The van der Waals surface area contributed by atoms with E-state index < -0.39 is 5.82 Å². The number of hydrogen-bond donors (Lipinski definition) is 1. The summed E-state index contributed by atoms with van der Waals surface area (Å²) < 4.78 is 18.6. The Morgan fingerprint density at radius 3 is 2.54 bits per heavy atom. The molecule has 0 aromatic heterocycles. The number of piperazine rings is 1. The van der Waals surface area contributed by atoms with Gasteiger partial charge in [-0.3, -0.25) is 14.9 Å². The minimum Gasteiger partial charge on any atom is -0.494 e. The van der Waals surface area contributed by atoms with Crippen LogP contribution < -0.4 is 10.1 Å². The molecule has 1 aromatic rings. The van der Waals surface area contributed by atoms with Crippen LogP contribution in [0.2, 0.25) is 0 Å². The van der Waals surface area contributed by atoms with E-state index in [0.717, 1.165) is 11.6 Å². The van der Waals surface area contributed by atoms with Gasteiger partial charge in [-0.15, -0.1) is 11.8 Å². The first-order chi connectivity index (χ1) is 11.6. The van der Waals surface area contributed by atoms with E-state index in [9.17, 15) is 14.0 Å². The van der Waals surface area contributed by atoms with Crippen LogP contribution in [0.15, 0.2) is 18.2 Å². The predicted molar refractivity (Wildman–Crippen MR) is 89.7 cm³/mol. The van der Waals surface area contributed by atoms with E-state index in [0.29, 0.717) is 31.7 Å². The number of benzene rings is 1. The number of hydrogen-bond acceptors (Lipinski definition) is 5.